The van der Waals surface area contributed by atoms with Gasteiger partial charge in [0.15, 0.2) is 0 Å². The second-order valence-electron chi connectivity index (χ2n) is 3.77. The fraction of sp³-hybridized carbons (Fsp3) is 0.889. The zero-order valence-electron chi connectivity index (χ0n) is 8.61. The minimum Gasteiger partial charge on any atom is -0.380 e. The van der Waals surface area contributed by atoms with Crippen LogP contribution in [0.2, 0.25) is 0 Å². The van der Waals surface area contributed by atoms with Gasteiger partial charge < -0.3 is 16.2 Å². The van der Waals surface area contributed by atoms with Crippen molar-refractivity contribution in [3.63, 3.8) is 0 Å². The van der Waals surface area contributed by atoms with Gasteiger partial charge in [0.2, 0.25) is 5.91 Å². The highest BCUT2D eigenvalue weighted by Crippen LogP contribution is 2.12. The highest BCUT2D eigenvalue weighted by atomic mass is 16.5. The van der Waals surface area contributed by atoms with Gasteiger partial charge in [0.05, 0.1) is 12.1 Å². The predicted molar refractivity (Wildman–Crippen MR) is 53.6 cm³/mol. The van der Waals surface area contributed by atoms with Crippen LogP contribution < -0.4 is 11.5 Å². The smallest absolute Gasteiger partial charge is 0.235 e. The molecule has 5 heteroatoms. The molecule has 1 heterocycles. The van der Waals surface area contributed by atoms with Crippen molar-refractivity contribution in [2.75, 3.05) is 26.7 Å². The number of carbonyl (C=O) groups is 1. The van der Waals surface area contributed by atoms with E-state index < -0.39 is 11.9 Å². The number of likely N-dealkylation sites (tertiary alicyclic amines) is 1. The van der Waals surface area contributed by atoms with E-state index in [0.29, 0.717) is 6.54 Å². The third-order valence-corrected chi connectivity index (χ3v) is 2.62. The number of ether oxygens (including phenoxy) is 1. The molecular weight excluding hydrogens is 182 g/mol. The zero-order valence-corrected chi connectivity index (χ0v) is 8.61. The number of rotatable bonds is 4. The molecule has 0 spiro atoms. The van der Waals surface area contributed by atoms with Gasteiger partial charge in [-0.1, -0.05) is 0 Å². The van der Waals surface area contributed by atoms with Gasteiger partial charge >= 0.3 is 0 Å². The summed E-state index contributed by atoms with van der Waals surface area (Å²) in [4.78, 5) is 12.9. The second-order valence-corrected chi connectivity index (χ2v) is 3.77. The maximum atomic E-state index is 10.8. The van der Waals surface area contributed by atoms with Crippen LogP contribution in [-0.2, 0) is 9.53 Å². The van der Waals surface area contributed by atoms with E-state index in [1.54, 1.807) is 7.11 Å². The summed E-state index contributed by atoms with van der Waals surface area (Å²) in [6, 6.07) is -0.564. The molecule has 0 saturated carbocycles. The second kappa shape index (κ2) is 5.29. The SMILES string of the molecule is COC1CCCN(CC(N)C(N)=O)C1. The number of hydrogen-bond acceptors (Lipinski definition) is 4. The number of primary amides is 1. The first kappa shape index (κ1) is 11.4. The molecular formula is C9H19N3O2. The van der Waals surface area contributed by atoms with Crippen molar-refractivity contribution >= 4 is 5.91 Å². The summed E-state index contributed by atoms with van der Waals surface area (Å²) in [5, 5.41) is 0. The van der Waals surface area contributed by atoms with Gasteiger partial charge in [-0.2, -0.15) is 0 Å². The average molecular weight is 201 g/mol. The number of nitrogens with zero attached hydrogens (tertiary/aromatic N) is 1. The van der Waals surface area contributed by atoms with E-state index in [1.165, 1.54) is 0 Å². The number of methoxy groups -OCH3 is 1. The molecule has 0 radical (unpaired) electrons. The van der Waals surface area contributed by atoms with Crippen LogP contribution in [-0.4, -0.2) is 49.7 Å². The Hall–Kier alpha value is -0.650. The van der Waals surface area contributed by atoms with Gasteiger partial charge in [0.1, 0.15) is 0 Å². The van der Waals surface area contributed by atoms with Crippen molar-refractivity contribution in [2.24, 2.45) is 11.5 Å². The van der Waals surface area contributed by atoms with Crippen LogP contribution in [0, 0.1) is 0 Å². The van der Waals surface area contributed by atoms with Crippen molar-refractivity contribution in [1.82, 2.24) is 4.90 Å². The molecule has 14 heavy (non-hydrogen) atoms. The molecule has 1 fully saturated rings. The first-order valence-electron chi connectivity index (χ1n) is 4.93. The third kappa shape index (κ3) is 3.25. The number of nitrogens with two attached hydrogens (primary N) is 2. The molecule has 0 aromatic carbocycles. The standard InChI is InChI=1S/C9H19N3O2/c1-14-7-3-2-4-12(5-7)6-8(10)9(11)13/h7-8H,2-6,10H2,1H3,(H2,11,13). The Bertz CT molecular complexity index is 198. The summed E-state index contributed by atoms with van der Waals surface area (Å²) >= 11 is 0. The van der Waals surface area contributed by atoms with E-state index in [9.17, 15) is 4.79 Å². The first-order valence-corrected chi connectivity index (χ1v) is 4.93. The lowest BCUT2D eigenvalue weighted by atomic mass is 10.1. The van der Waals surface area contributed by atoms with Crippen molar-refractivity contribution in [3.05, 3.63) is 0 Å². The molecule has 1 aliphatic heterocycles. The highest BCUT2D eigenvalue weighted by Gasteiger charge is 2.22. The summed E-state index contributed by atoms with van der Waals surface area (Å²) in [5.41, 5.74) is 10.7. The van der Waals surface area contributed by atoms with Crippen LogP contribution in [0.25, 0.3) is 0 Å². The number of carbonyl (C=O) groups excluding carboxylic acids is 1. The summed E-state index contributed by atoms with van der Waals surface area (Å²) in [6.07, 6.45) is 2.44. The summed E-state index contributed by atoms with van der Waals surface area (Å²) in [5.74, 6) is -0.440. The minimum atomic E-state index is -0.564. The molecule has 0 bridgehead atoms. The third-order valence-electron chi connectivity index (χ3n) is 2.62. The summed E-state index contributed by atoms with van der Waals surface area (Å²) < 4.78 is 5.26. The van der Waals surface area contributed by atoms with E-state index in [2.05, 4.69) is 4.90 Å². The lowest BCUT2D eigenvalue weighted by molar-refractivity contribution is -0.119. The summed E-state index contributed by atoms with van der Waals surface area (Å²) in [7, 11) is 1.71. The van der Waals surface area contributed by atoms with Crippen LogP contribution in [0.1, 0.15) is 12.8 Å². The van der Waals surface area contributed by atoms with Crippen molar-refractivity contribution < 1.29 is 9.53 Å². The quantitative estimate of drug-likeness (QED) is 0.605. The van der Waals surface area contributed by atoms with Gasteiger partial charge in [-0.15, -0.1) is 0 Å². The van der Waals surface area contributed by atoms with Gasteiger partial charge in [-0.25, -0.2) is 0 Å². The Morgan fingerprint density at radius 1 is 1.71 bits per heavy atom. The van der Waals surface area contributed by atoms with Gasteiger partial charge in [-0.3, -0.25) is 9.69 Å². The normalized spacial score (nSPS) is 26.0. The molecule has 1 saturated heterocycles. The molecule has 0 aromatic rings. The number of hydrogen-bond donors (Lipinski definition) is 2. The largest absolute Gasteiger partial charge is 0.380 e. The predicted octanol–water partition coefficient (Wildman–Crippen LogP) is -1.09. The topological polar surface area (TPSA) is 81.6 Å². The zero-order chi connectivity index (χ0) is 10.6. The molecule has 1 rings (SSSR count). The minimum absolute atomic E-state index is 0.267. The molecule has 82 valence electrons. The fourth-order valence-electron chi connectivity index (χ4n) is 1.74. The number of amides is 1. The molecule has 0 aliphatic carbocycles. The molecule has 1 amide bonds. The first-order chi connectivity index (χ1) is 6.63. The van der Waals surface area contributed by atoms with Crippen molar-refractivity contribution in [2.45, 2.75) is 25.0 Å². The monoisotopic (exact) mass is 201 g/mol. The number of piperidine rings is 1. The Balaban J connectivity index is 2.33. The molecule has 0 aromatic heterocycles. The van der Waals surface area contributed by atoms with Gasteiger partial charge in [0.25, 0.3) is 0 Å². The van der Waals surface area contributed by atoms with Gasteiger partial charge in [0, 0.05) is 20.2 Å². The van der Waals surface area contributed by atoms with Crippen LogP contribution >= 0.6 is 0 Å². The van der Waals surface area contributed by atoms with Crippen molar-refractivity contribution in [1.29, 1.82) is 0 Å². The van der Waals surface area contributed by atoms with E-state index in [0.717, 1.165) is 25.9 Å². The lowest BCUT2D eigenvalue weighted by Gasteiger charge is -2.32. The van der Waals surface area contributed by atoms with Gasteiger partial charge in [-0.05, 0) is 19.4 Å². The molecule has 2 atom stereocenters. The lowest BCUT2D eigenvalue weighted by Crippen LogP contribution is -2.49. The molecule has 4 N–H and O–H groups in total. The van der Waals surface area contributed by atoms with Crippen LogP contribution in [0.3, 0.4) is 0 Å². The molecule has 5 nitrogen and oxygen atoms in total. The van der Waals surface area contributed by atoms with Crippen molar-refractivity contribution in [3.8, 4) is 0 Å². The van der Waals surface area contributed by atoms with E-state index in [1.807, 2.05) is 0 Å². The Morgan fingerprint density at radius 3 is 3.00 bits per heavy atom. The Kier molecular flexibility index (Phi) is 4.31. The van der Waals surface area contributed by atoms with Crippen LogP contribution in [0.15, 0.2) is 0 Å². The maximum Gasteiger partial charge on any atom is 0.235 e. The molecule has 2 unspecified atom stereocenters. The average Bonchev–Trinajstić information content (AvgIpc) is 2.18. The Labute approximate surface area is 84.4 Å². The fourth-order valence-corrected chi connectivity index (χ4v) is 1.74. The molecule has 1 aliphatic rings. The van der Waals surface area contributed by atoms with E-state index >= 15 is 0 Å². The van der Waals surface area contributed by atoms with Crippen LogP contribution in [0.4, 0.5) is 0 Å². The van der Waals surface area contributed by atoms with E-state index in [4.69, 9.17) is 16.2 Å². The maximum absolute atomic E-state index is 10.8. The summed E-state index contributed by atoms with van der Waals surface area (Å²) in [6.45, 7) is 2.35. The van der Waals surface area contributed by atoms with Crippen LogP contribution in [0.5, 0.6) is 0 Å². The highest BCUT2D eigenvalue weighted by molar-refractivity contribution is 5.79. The van der Waals surface area contributed by atoms with E-state index in [-0.39, 0.29) is 6.10 Å². The Morgan fingerprint density at radius 2 is 2.43 bits per heavy atom.